The van der Waals surface area contributed by atoms with E-state index in [1.165, 1.54) is 19.3 Å². The molecule has 2 fully saturated rings. The number of methoxy groups -OCH3 is 3. The molecule has 0 aromatic heterocycles. The molecule has 7 nitrogen and oxygen atoms in total. The fourth-order valence-electron chi connectivity index (χ4n) is 5.40. The number of hydrogen-bond acceptors (Lipinski definition) is 6. The van der Waals surface area contributed by atoms with E-state index >= 15 is 0 Å². The highest BCUT2D eigenvalue weighted by Crippen LogP contribution is 2.49. The van der Waals surface area contributed by atoms with Crippen LogP contribution in [0.2, 0.25) is 0 Å². The summed E-state index contributed by atoms with van der Waals surface area (Å²) in [5.41, 5.74) is 7.24. The molecule has 34 heavy (non-hydrogen) atoms. The molecule has 4 rings (SSSR count). The Morgan fingerprint density at radius 3 is 2.03 bits per heavy atom. The summed E-state index contributed by atoms with van der Waals surface area (Å²) in [7, 11) is 4.64. The number of amides is 1. The molecular formula is C27H36N2O5. The van der Waals surface area contributed by atoms with Crippen LogP contribution in [0.25, 0.3) is 0 Å². The Kier molecular flexibility index (Phi) is 7.83. The number of rotatable bonds is 8. The van der Waals surface area contributed by atoms with Crippen molar-refractivity contribution in [3.8, 4) is 28.7 Å². The van der Waals surface area contributed by atoms with Gasteiger partial charge < -0.3 is 29.6 Å². The molecule has 2 aliphatic rings. The van der Waals surface area contributed by atoms with Crippen molar-refractivity contribution in [1.82, 2.24) is 4.90 Å². The first-order valence-electron chi connectivity index (χ1n) is 12.2. The zero-order chi connectivity index (χ0) is 24.1. The summed E-state index contributed by atoms with van der Waals surface area (Å²) in [6, 6.07) is 10.0. The first-order chi connectivity index (χ1) is 16.6. The summed E-state index contributed by atoms with van der Waals surface area (Å²) in [4.78, 5) is 16.1. The third-order valence-electron chi connectivity index (χ3n) is 7.00. The summed E-state index contributed by atoms with van der Waals surface area (Å²) in [5.74, 6) is 2.13. The zero-order valence-electron chi connectivity index (χ0n) is 20.5. The topological polar surface area (TPSA) is 83.3 Å². The molecule has 2 bridgehead atoms. The maximum absolute atomic E-state index is 14.0. The maximum atomic E-state index is 14.0. The number of benzene rings is 2. The van der Waals surface area contributed by atoms with Crippen molar-refractivity contribution in [2.45, 2.75) is 63.5 Å². The van der Waals surface area contributed by atoms with Crippen molar-refractivity contribution in [3.05, 3.63) is 41.5 Å². The van der Waals surface area contributed by atoms with E-state index in [1.807, 2.05) is 24.3 Å². The van der Waals surface area contributed by atoms with Crippen molar-refractivity contribution in [2.24, 2.45) is 5.73 Å². The molecule has 2 N–H and O–H groups in total. The Balaban J connectivity index is 1.75. The monoisotopic (exact) mass is 468 g/mol. The second-order valence-corrected chi connectivity index (χ2v) is 9.04. The molecule has 0 aliphatic carbocycles. The van der Waals surface area contributed by atoms with E-state index in [2.05, 4.69) is 4.90 Å². The van der Waals surface area contributed by atoms with E-state index in [0.717, 1.165) is 37.7 Å². The van der Waals surface area contributed by atoms with Crippen LogP contribution in [0, 0.1) is 0 Å². The van der Waals surface area contributed by atoms with Gasteiger partial charge in [-0.1, -0.05) is 25.0 Å². The van der Waals surface area contributed by atoms with Crippen LogP contribution in [-0.4, -0.2) is 50.8 Å². The third-order valence-corrected chi connectivity index (χ3v) is 7.00. The first kappa shape index (κ1) is 24.2. The molecule has 2 atom stereocenters. The van der Waals surface area contributed by atoms with Crippen molar-refractivity contribution < 1.29 is 23.7 Å². The van der Waals surface area contributed by atoms with Gasteiger partial charge in [-0.05, 0) is 62.8 Å². The van der Waals surface area contributed by atoms with Gasteiger partial charge in [-0.2, -0.15) is 0 Å². The molecule has 0 spiro atoms. The SMILES string of the molecule is COc1c(Oc2ccc(CCN)cc2)cc(C(=O)N2C3CCCCC2CCC3)c(OC)c1OC. The van der Waals surface area contributed by atoms with Gasteiger partial charge in [-0.25, -0.2) is 0 Å². The number of nitrogens with zero attached hydrogens (tertiary/aromatic N) is 1. The molecule has 1 amide bonds. The van der Waals surface area contributed by atoms with Gasteiger partial charge in [0.2, 0.25) is 11.5 Å². The standard InChI is InChI=1S/C27H36N2O5/c1-31-24-22(27(30)29-19-7-4-5-8-20(29)10-6-9-19)17-23(25(32-2)26(24)33-3)34-21-13-11-18(12-14-21)15-16-28/h11-14,17,19-20H,4-10,15-16,28H2,1-3H3. The molecule has 2 aromatic carbocycles. The Labute approximate surface area is 202 Å². The summed E-state index contributed by atoms with van der Waals surface area (Å²) < 4.78 is 23.2. The van der Waals surface area contributed by atoms with E-state index < -0.39 is 0 Å². The van der Waals surface area contributed by atoms with Crippen LogP contribution in [0.1, 0.15) is 60.9 Å². The van der Waals surface area contributed by atoms with Crippen LogP contribution < -0.4 is 24.7 Å². The number of nitrogens with two attached hydrogens (primary N) is 1. The molecule has 2 unspecified atom stereocenters. The van der Waals surface area contributed by atoms with Crippen LogP contribution >= 0.6 is 0 Å². The van der Waals surface area contributed by atoms with Crippen LogP contribution in [0.3, 0.4) is 0 Å². The molecule has 0 radical (unpaired) electrons. The fourth-order valence-corrected chi connectivity index (χ4v) is 5.40. The number of ether oxygens (including phenoxy) is 4. The van der Waals surface area contributed by atoms with E-state index in [1.54, 1.807) is 27.4 Å². The smallest absolute Gasteiger partial charge is 0.258 e. The number of hydrogen-bond donors (Lipinski definition) is 1. The normalized spacial score (nSPS) is 19.8. The van der Waals surface area contributed by atoms with Gasteiger partial charge in [0.1, 0.15) is 5.75 Å². The lowest BCUT2D eigenvalue weighted by molar-refractivity contribution is 0.0456. The first-order valence-corrected chi connectivity index (χ1v) is 12.2. The third kappa shape index (κ3) is 4.80. The largest absolute Gasteiger partial charge is 0.492 e. The number of carbonyl (C=O) groups is 1. The molecule has 2 saturated heterocycles. The van der Waals surface area contributed by atoms with Crippen LogP contribution in [0.5, 0.6) is 28.7 Å². The minimum absolute atomic E-state index is 0.0300. The molecule has 2 heterocycles. The predicted octanol–water partition coefficient (Wildman–Crippen LogP) is 4.94. The fraction of sp³-hybridized carbons (Fsp3) is 0.519. The second kappa shape index (κ2) is 11.0. The Hall–Kier alpha value is -2.93. The van der Waals surface area contributed by atoms with E-state index in [4.69, 9.17) is 24.7 Å². The van der Waals surface area contributed by atoms with Crippen LogP contribution in [0.4, 0.5) is 0 Å². The summed E-state index contributed by atoms with van der Waals surface area (Å²) in [6.07, 6.45) is 8.53. The van der Waals surface area contributed by atoms with Gasteiger partial charge in [0.25, 0.3) is 5.91 Å². The van der Waals surface area contributed by atoms with Gasteiger partial charge in [-0.15, -0.1) is 0 Å². The molecule has 2 aliphatic heterocycles. The van der Waals surface area contributed by atoms with Crippen molar-refractivity contribution in [1.29, 1.82) is 0 Å². The minimum atomic E-state index is -0.0300. The zero-order valence-corrected chi connectivity index (χ0v) is 20.5. The average Bonchev–Trinajstić information content (AvgIpc) is 2.98. The summed E-state index contributed by atoms with van der Waals surface area (Å²) in [6.45, 7) is 0.591. The molecule has 184 valence electrons. The van der Waals surface area contributed by atoms with Crippen molar-refractivity contribution in [3.63, 3.8) is 0 Å². The minimum Gasteiger partial charge on any atom is -0.492 e. The second-order valence-electron chi connectivity index (χ2n) is 9.04. The highest BCUT2D eigenvalue weighted by molar-refractivity contribution is 5.99. The van der Waals surface area contributed by atoms with Gasteiger partial charge in [0.05, 0.1) is 26.9 Å². The average molecular weight is 469 g/mol. The van der Waals surface area contributed by atoms with E-state index in [-0.39, 0.29) is 18.0 Å². The van der Waals surface area contributed by atoms with Gasteiger partial charge >= 0.3 is 0 Å². The number of piperidine rings is 1. The molecular weight excluding hydrogens is 432 g/mol. The van der Waals surface area contributed by atoms with E-state index in [9.17, 15) is 4.79 Å². The highest BCUT2D eigenvalue weighted by Gasteiger charge is 2.38. The van der Waals surface area contributed by atoms with E-state index in [0.29, 0.717) is 40.9 Å². The number of carbonyl (C=O) groups excluding carboxylic acids is 1. The van der Waals surface area contributed by atoms with Gasteiger partial charge in [0, 0.05) is 18.2 Å². The van der Waals surface area contributed by atoms with Crippen LogP contribution in [-0.2, 0) is 6.42 Å². The lowest BCUT2D eigenvalue weighted by atomic mass is 9.93. The lowest BCUT2D eigenvalue weighted by Crippen LogP contribution is -2.49. The molecule has 0 saturated carbocycles. The predicted molar refractivity (Wildman–Crippen MR) is 131 cm³/mol. The van der Waals surface area contributed by atoms with Gasteiger partial charge in [0.15, 0.2) is 11.5 Å². The van der Waals surface area contributed by atoms with Crippen LogP contribution in [0.15, 0.2) is 30.3 Å². The Morgan fingerprint density at radius 2 is 1.47 bits per heavy atom. The van der Waals surface area contributed by atoms with Crippen molar-refractivity contribution in [2.75, 3.05) is 27.9 Å². The summed E-state index contributed by atoms with van der Waals surface area (Å²) >= 11 is 0. The van der Waals surface area contributed by atoms with Gasteiger partial charge in [-0.3, -0.25) is 4.79 Å². The number of fused-ring (bicyclic) bond motifs is 2. The molecule has 2 aromatic rings. The lowest BCUT2D eigenvalue weighted by Gasteiger charge is -2.41. The summed E-state index contributed by atoms with van der Waals surface area (Å²) in [5, 5.41) is 0. The Bertz CT molecular complexity index is 978. The Morgan fingerprint density at radius 1 is 0.882 bits per heavy atom. The maximum Gasteiger partial charge on any atom is 0.258 e. The highest BCUT2D eigenvalue weighted by atomic mass is 16.5. The van der Waals surface area contributed by atoms with Crippen molar-refractivity contribution >= 4 is 5.91 Å². The molecule has 7 heteroatoms. The quantitative estimate of drug-likeness (QED) is 0.591.